The molecule has 0 atom stereocenters. The molecule has 0 aliphatic carbocycles. The van der Waals surface area contributed by atoms with Crippen LogP contribution in [0.5, 0.6) is 11.5 Å². The summed E-state index contributed by atoms with van der Waals surface area (Å²) in [5.41, 5.74) is 3.35. The number of nitrogens with zero attached hydrogens (tertiary/aromatic N) is 2. The van der Waals surface area contributed by atoms with Crippen molar-refractivity contribution in [2.75, 3.05) is 6.61 Å². The molecule has 6 nitrogen and oxygen atoms in total. The quantitative estimate of drug-likeness (QED) is 0.537. The Morgan fingerprint density at radius 1 is 1.33 bits per heavy atom. The van der Waals surface area contributed by atoms with Gasteiger partial charge in [0.1, 0.15) is 17.6 Å². The molecule has 2 rings (SSSR count). The van der Waals surface area contributed by atoms with E-state index in [1.165, 1.54) is 6.21 Å². The molecule has 122 valence electrons. The lowest BCUT2D eigenvalue weighted by molar-refractivity contribution is -0.123. The minimum atomic E-state index is -0.462. The van der Waals surface area contributed by atoms with Crippen LogP contribution < -0.4 is 10.2 Å². The number of nitriles is 1. The van der Waals surface area contributed by atoms with E-state index in [0.717, 1.165) is 0 Å². The number of hydrazone groups is 1. The number of amides is 1. The van der Waals surface area contributed by atoms with Crippen LogP contribution in [0.4, 0.5) is 0 Å². The molecule has 2 aromatic carbocycles. The number of ether oxygens (including phenoxy) is 1. The summed E-state index contributed by atoms with van der Waals surface area (Å²) in [6.45, 7) is -0.265. The number of halogens is 2. The number of carbonyl (C=O) groups excluding carboxylic acids is 1. The van der Waals surface area contributed by atoms with E-state index in [2.05, 4.69) is 42.4 Å². The molecule has 0 aliphatic rings. The minimum absolute atomic E-state index is 0.0840. The molecule has 2 N–H and O–H groups in total. The topological polar surface area (TPSA) is 94.7 Å². The number of aromatic hydroxyl groups is 1. The van der Waals surface area contributed by atoms with Crippen molar-refractivity contribution in [1.29, 1.82) is 5.26 Å². The zero-order valence-corrected chi connectivity index (χ0v) is 15.3. The molecule has 0 radical (unpaired) electrons. The molecule has 0 saturated heterocycles. The van der Waals surface area contributed by atoms with Gasteiger partial charge in [0.05, 0.1) is 20.7 Å². The van der Waals surface area contributed by atoms with Gasteiger partial charge in [0.15, 0.2) is 6.61 Å². The highest BCUT2D eigenvalue weighted by Crippen LogP contribution is 2.32. The Morgan fingerprint density at radius 2 is 2.00 bits per heavy atom. The largest absolute Gasteiger partial charge is 0.506 e. The van der Waals surface area contributed by atoms with Gasteiger partial charge in [0.2, 0.25) is 0 Å². The van der Waals surface area contributed by atoms with Crippen LogP contribution in [-0.2, 0) is 4.79 Å². The summed E-state index contributed by atoms with van der Waals surface area (Å²) in [6.07, 6.45) is 1.43. The fourth-order valence-corrected chi connectivity index (χ4v) is 2.92. The van der Waals surface area contributed by atoms with Gasteiger partial charge in [0.25, 0.3) is 5.91 Å². The second-order valence-corrected chi connectivity index (χ2v) is 6.23. The number of phenols is 1. The minimum Gasteiger partial charge on any atom is -0.506 e. The van der Waals surface area contributed by atoms with Gasteiger partial charge in [-0.1, -0.05) is 12.1 Å². The van der Waals surface area contributed by atoms with E-state index in [9.17, 15) is 9.90 Å². The van der Waals surface area contributed by atoms with Crippen LogP contribution in [0.15, 0.2) is 50.4 Å². The first kappa shape index (κ1) is 18.0. The van der Waals surface area contributed by atoms with E-state index >= 15 is 0 Å². The Bertz CT molecular complexity index is 809. The van der Waals surface area contributed by atoms with Crippen molar-refractivity contribution in [1.82, 2.24) is 5.43 Å². The van der Waals surface area contributed by atoms with E-state index in [1.54, 1.807) is 36.4 Å². The lowest BCUT2D eigenvalue weighted by Crippen LogP contribution is -2.24. The maximum absolute atomic E-state index is 11.7. The van der Waals surface area contributed by atoms with Crippen molar-refractivity contribution in [2.24, 2.45) is 5.10 Å². The van der Waals surface area contributed by atoms with Crippen molar-refractivity contribution in [3.63, 3.8) is 0 Å². The average Bonchev–Trinajstić information content (AvgIpc) is 2.58. The standard InChI is InChI=1S/C16H11Br2N3O3/c17-12-5-10(6-13(18)16(12)23)8-20-21-15(22)9-24-14-4-2-1-3-11(14)7-19/h1-6,8,23H,9H2,(H,21,22)/b20-8+. The maximum atomic E-state index is 11.7. The molecule has 2 aromatic rings. The zero-order valence-electron chi connectivity index (χ0n) is 12.2. The van der Waals surface area contributed by atoms with Crippen molar-refractivity contribution < 1.29 is 14.6 Å². The van der Waals surface area contributed by atoms with E-state index < -0.39 is 5.91 Å². The molecule has 0 aliphatic heterocycles. The second kappa shape index (κ2) is 8.47. The Labute approximate surface area is 155 Å². The Balaban J connectivity index is 1.90. The Kier molecular flexibility index (Phi) is 6.35. The maximum Gasteiger partial charge on any atom is 0.277 e. The first-order valence-corrected chi connectivity index (χ1v) is 8.21. The van der Waals surface area contributed by atoms with Gasteiger partial charge in [-0.05, 0) is 61.7 Å². The van der Waals surface area contributed by atoms with Crippen LogP contribution in [-0.4, -0.2) is 23.8 Å². The number of phenolic OH excluding ortho intramolecular Hbond substituents is 1. The highest BCUT2D eigenvalue weighted by atomic mass is 79.9. The molecule has 0 bridgehead atoms. The SMILES string of the molecule is N#Cc1ccccc1OCC(=O)N/N=C/c1cc(Br)c(O)c(Br)c1. The molecular weight excluding hydrogens is 442 g/mol. The van der Waals surface area contributed by atoms with Gasteiger partial charge in [-0.25, -0.2) is 5.43 Å². The monoisotopic (exact) mass is 451 g/mol. The van der Waals surface area contributed by atoms with Crippen molar-refractivity contribution >= 4 is 44.0 Å². The predicted molar refractivity (Wildman–Crippen MR) is 95.9 cm³/mol. The van der Waals surface area contributed by atoms with E-state index in [-0.39, 0.29) is 12.4 Å². The molecule has 0 heterocycles. The molecule has 0 fully saturated rings. The van der Waals surface area contributed by atoms with Gasteiger partial charge in [-0.3, -0.25) is 4.79 Å². The van der Waals surface area contributed by atoms with Gasteiger partial charge >= 0.3 is 0 Å². The number of carbonyl (C=O) groups is 1. The third kappa shape index (κ3) is 4.81. The first-order chi connectivity index (χ1) is 11.5. The van der Waals surface area contributed by atoms with Crippen LogP contribution in [0.3, 0.4) is 0 Å². The molecule has 1 amide bonds. The molecule has 24 heavy (non-hydrogen) atoms. The first-order valence-electron chi connectivity index (χ1n) is 6.63. The summed E-state index contributed by atoms with van der Waals surface area (Å²) in [6, 6.07) is 11.9. The van der Waals surface area contributed by atoms with Crippen LogP contribution in [0, 0.1) is 11.3 Å². The third-order valence-electron chi connectivity index (χ3n) is 2.81. The molecular formula is C16H11Br2N3O3. The summed E-state index contributed by atoms with van der Waals surface area (Å²) in [4.78, 5) is 11.7. The second-order valence-electron chi connectivity index (χ2n) is 4.52. The number of rotatable bonds is 5. The fraction of sp³-hybridized carbons (Fsp3) is 0.0625. The lowest BCUT2D eigenvalue weighted by Gasteiger charge is -2.06. The summed E-state index contributed by atoms with van der Waals surface area (Å²) in [5, 5.41) is 22.4. The van der Waals surface area contributed by atoms with Crippen molar-refractivity contribution in [3.05, 3.63) is 56.5 Å². The average molecular weight is 453 g/mol. The van der Waals surface area contributed by atoms with E-state index in [0.29, 0.717) is 25.8 Å². The van der Waals surface area contributed by atoms with Gasteiger partial charge < -0.3 is 9.84 Å². The normalized spacial score (nSPS) is 10.4. The van der Waals surface area contributed by atoms with Gasteiger partial charge in [0, 0.05) is 0 Å². The van der Waals surface area contributed by atoms with Crippen LogP contribution >= 0.6 is 31.9 Å². The fourth-order valence-electron chi connectivity index (χ4n) is 1.70. The Morgan fingerprint density at radius 3 is 2.67 bits per heavy atom. The van der Waals surface area contributed by atoms with Crippen LogP contribution in [0.2, 0.25) is 0 Å². The highest BCUT2D eigenvalue weighted by molar-refractivity contribution is 9.11. The highest BCUT2D eigenvalue weighted by Gasteiger charge is 2.06. The van der Waals surface area contributed by atoms with Crippen molar-refractivity contribution in [3.8, 4) is 17.6 Å². The summed E-state index contributed by atoms with van der Waals surface area (Å²) >= 11 is 6.41. The number of nitrogens with one attached hydrogen (secondary N) is 1. The summed E-state index contributed by atoms with van der Waals surface area (Å²) in [7, 11) is 0. The van der Waals surface area contributed by atoms with E-state index in [1.807, 2.05) is 6.07 Å². The van der Waals surface area contributed by atoms with Gasteiger partial charge in [-0.2, -0.15) is 10.4 Å². The van der Waals surface area contributed by atoms with Crippen LogP contribution in [0.1, 0.15) is 11.1 Å². The molecule has 0 aromatic heterocycles. The third-order valence-corrected chi connectivity index (χ3v) is 4.02. The Hall–Kier alpha value is -2.37. The smallest absolute Gasteiger partial charge is 0.277 e. The van der Waals surface area contributed by atoms with Gasteiger partial charge in [-0.15, -0.1) is 0 Å². The zero-order chi connectivity index (χ0) is 17.5. The molecule has 0 saturated carbocycles. The summed E-state index contributed by atoms with van der Waals surface area (Å²) in [5.74, 6) is -0.0397. The summed E-state index contributed by atoms with van der Waals surface area (Å²) < 4.78 is 6.29. The number of hydrogen-bond acceptors (Lipinski definition) is 5. The number of hydrogen-bond donors (Lipinski definition) is 2. The lowest BCUT2D eigenvalue weighted by atomic mass is 10.2. The number of benzene rings is 2. The van der Waals surface area contributed by atoms with E-state index in [4.69, 9.17) is 10.00 Å². The molecule has 8 heteroatoms. The van der Waals surface area contributed by atoms with Crippen molar-refractivity contribution in [2.45, 2.75) is 0 Å². The number of para-hydroxylation sites is 1. The van der Waals surface area contributed by atoms with Crippen LogP contribution in [0.25, 0.3) is 0 Å². The predicted octanol–water partition coefficient (Wildman–Crippen LogP) is 3.32. The molecule has 0 unspecified atom stereocenters. The molecule has 0 spiro atoms.